The minimum Gasteiger partial charge on any atom is -0.394 e. The van der Waals surface area contributed by atoms with Crippen molar-refractivity contribution in [2.45, 2.75) is 67.8 Å². The van der Waals surface area contributed by atoms with Crippen molar-refractivity contribution in [2.24, 2.45) is 5.73 Å². The van der Waals surface area contributed by atoms with E-state index in [-0.39, 0.29) is 0 Å². The van der Waals surface area contributed by atoms with Crippen molar-refractivity contribution >= 4 is 0 Å². The molecule has 0 spiro atoms. The predicted molar refractivity (Wildman–Crippen MR) is 75.2 cm³/mol. The molecule has 0 bridgehead atoms. The molecule has 142 valence electrons. The van der Waals surface area contributed by atoms with Gasteiger partial charge in [0.1, 0.15) is 42.7 Å². The molecule has 2 heterocycles. The van der Waals surface area contributed by atoms with Crippen LogP contribution >= 0.6 is 0 Å². The molecule has 2 aliphatic heterocycles. The van der Waals surface area contributed by atoms with Crippen molar-refractivity contribution in [2.75, 3.05) is 13.2 Å². The molecule has 24 heavy (non-hydrogen) atoms. The standard InChI is InChI=1S/C13H25NO10/c1-13(11(21)10(20)8(18)5(3-16)23-13)24-12-6(14)9(19)7(17)4(2-15)22-12/h4-12,15-21H,2-3,14H2,1H3/t4-,5?,6?,7?,8-,9?,10?,11+,12-,13-/m1/s1. The van der Waals surface area contributed by atoms with Crippen LogP contribution in [0.4, 0.5) is 0 Å². The average molecular weight is 355 g/mol. The van der Waals surface area contributed by atoms with E-state index in [1.54, 1.807) is 0 Å². The van der Waals surface area contributed by atoms with Crippen LogP contribution in [-0.2, 0) is 14.2 Å². The second kappa shape index (κ2) is 7.43. The first kappa shape index (κ1) is 19.9. The Morgan fingerprint density at radius 2 is 1.46 bits per heavy atom. The van der Waals surface area contributed by atoms with Gasteiger partial charge >= 0.3 is 0 Å². The van der Waals surface area contributed by atoms with Gasteiger partial charge in [-0.2, -0.15) is 0 Å². The van der Waals surface area contributed by atoms with E-state index in [0.29, 0.717) is 0 Å². The molecule has 0 saturated carbocycles. The average Bonchev–Trinajstić information content (AvgIpc) is 2.57. The molecule has 11 heteroatoms. The molecular weight excluding hydrogens is 330 g/mol. The van der Waals surface area contributed by atoms with Crippen LogP contribution in [0.1, 0.15) is 6.92 Å². The molecule has 11 nitrogen and oxygen atoms in total. The molecule has 0 aromatic rings. The number of nitrogens with two attached hydrogens (primary N) is 1. The van der Waals surface area contributed by atoms with Crippen molar-refractivity contribution in [1.82, 2.24) is 0 Å². The normalized spacial score (nSPS) is 53.1. The number of aliphatic hydroxyl groups is 7. The van der Waals surface area contributed by atoms with Crippen molar-refractivity contribution in [3.63, 3.8) is 0 Å². The van der Waals surface area contributed by atoms with Gasteiger partial charge in [-0.25, -0.2) is 0 Å². The van der Waals surface area contributed by atoms with Gasteiger partial charge in [0, 0.05) is 0 Å². The first-order valence-corrected chi connectivity index (χ1v) is 7.55. The van der Waals surface area contributed by atoms with E-state index in [1.165, 1.54) is 6.92 Å². The molecule has 9 N–H and O–H groups in total. The third-order valence-corrected chi connectivity index (χ3v) is 4.44. The van der Waals surface area contributed by atoms with E-state index < -0.39 is 74.1 Å². The molecule has 0 aliphatic carbocycles. The smallest absolute Gasteiger partial charge is 0.197 e. The zero-order valence-electron chi connectivity index (χ0n) is 13.0. The van der Waals surface area contributed by atoms with Gasteiger partial charge in [-0.3, -0.25) is 0 Å². The monoisotopic (exact) mass is 355 g/mol. The lowest BCUT2D eigenvalue weighted by Crippen LogP contribution is -2.69. The first-order chi connectivity index (χ1) is 11.2. The van der Waals surface area contributed by atoms with E-state index in [0.717, 1.165) is 0 Å². The van der Waals surface area contributed by atoms with E-state index >= 15 is 0 Å². The summed E-state index contributed by atoms with van der Waals surface area (Å²) in [5, 5.41) is 67.8. The number of rotatable bonds is 4. The minimum absolute atomic E-state index is 0.620. The summed E-state index contributed by atoms with van der Waals surface area (Å²) < 4.78 is 16.1. The highest BCUT2D eigenvalue weighted by molar-refractivity contribution is 4.97. The van der Waals surface area contributed by atoms with Gasteiger partial charge in [-0.15, -0.1) is 0 Å². The minimum atomic E-state index is -1.93. The van der Waals surface area contributed by atoms with Gasteiger partial charge in [0.15, 0.2) is 12.1 Å². The summed E-state index contributed by atoms with van der Waals surface area (Å²) in [6, 6.07) is -1.24. The van der Waals surface area contributed by atoms with Crippen molar-refractivity contribution in [3.05, 3.63) is 0 Å². The fraction of sp³-hybridized carbons (Fsp3) is 1.00. The third kappa shape index (κ3) is 3.43. The molecule has 10 atom stereocenters. The molecule has 2 fully saturated rings. The molecule has 2 aliphatic rings. The summed E-state index contributed by atoms with van der Waals surface area (Å²) in [6.45, 7) is -0.0372. The molecule has 0 radical (unpaired) electrons. The summed E-state index contributed by atoms with van der Waals surface area (Å²) in [7, 11) is 0. The second-order valence-corrected chi connectivity index (χ2v) is 6.18. The Labute approximate surface area is 137 Å². The Kier molecular flexibility index (Phi) is 6.16. The quantitative estimate of drug-likeness (QED) is 0.240. The van der Waals surface area contributed by atoms with Crippen LogP contribution in [0.25, 0.3) is 0 Å². The van der Waals surface area contributed by atoms with E-state index in [2.05, 4.69) is 0 Å². The number of ether oxygens (including phenoxy) is 3. The largest absolute Gasteiger partial charge is 0.394 e. The summed E-state index contributed by atoms with van der Waals surface area (Å²) in [5.74, 6) is -1.93. The van der Waals surface area contributed by atoms with Crippen LogP contribution < -0.4 is 5.73 Å². The number of aliphatic hydroxyl groups excluding tert-OH is 7. The Bertz CT molecular complexity index is 424. The lowest BCUT2D eigenvalue weighted by Gasteiger charge is -2.49. The highest BCUT2D eigenvalue weighted by atomic mass is 16.8. The molecule has 0 aromatic heterocycles. The van der Waals surface area contributed by atoms with Crippen LogP contribution in [0.15, 0.2) is 0 Å². The molecular formula is C13H25NO10. The Morgan fingerprint density at radius 3 is 2.00 bits per heavy atom. The van der Waals surface area contributed by atoms with Crippen LogP contribution in [-0.4, -0.2) is 110 Å². The fourth-order valence-electron chi connectivity index (χ4n) is 2.84. The highest BCUT2D eigenvalue weighted by Gasteiger charge is 2.55. The zero-order valence-corrected chi connectivity index (χ0v) is 13.0. The Morgan fingerprint density at radius 1 is 0.917 bits per heavy atom. The van der Waals surface area contributed by atoms with E-state index in [4.69, 9.17) is 19.9 Å². The molecule has 5 unspecified atom stereocenters. The predicted octanol–water partition coefficient (Wildman–Crippen LogP) is -5.04. The topological polar surface area (TPSA) is 195 Å². The summed E-state index contributed by atoms with van der Waals surface area (Å²) in [5.41, 5.74) is 5.74. The van der Waals surface area contributed by atoms with Crippen molar-refractivity contribution in [3.8, 4) is 0 Å². The van der Waals surface area contributed by atoms with Gasteiger partial charge in [0.05, 0.1) is 19.3 Å². The van der Waals surface area contributed by atoms with Crippen molar-refractivity contribution in [1.29, 1.82) is 0 Å². The van der Waals surface area contributed by atoms with E-state index in [1.807, 2.05) is 0 Å². The summed E-state index contributed by atoms with van der Waals surface area (Å²) in [4.78, 5) is 0. The van der Waals surface area contributed by atoms with Crippen LogP contribution in [0.2, 0.25) is 0 Å². The van der Waals surface area contributed by atoms with Crippen LogP contribution in [0.5, 0.6) is 0 Å². The maximum atomic E-state index is 10.1. The summed E-state index contributed by atoms with van der Waals surface area (Å²) in [6.07, 6.45) is -11.7. The number of hydrogen-bond acceptors (Lipinski definition) is 11. The van der Waals surface area contributed by atoms with Gasteiger partial charge in [0.2, 0.25) is 0 Å². The Balaban J connectivity index is 2.18. The van der Waals surface area contributed by atoms with Gasteiger partial charge in [-0.05, 0) is 6.92 Å². The lowest BCUT2D eigenvalue weighted by atomic mass is 9.93. The molecule has 0 amide bonds. The molecule has 0 aromatic carbocycles. The van der Waals surface area contributed by atoms with Gasteiger partial charge < -0.3 is 55.7 Å². The zero-order chi connectivity index (χ0) is 18.2. The first-order valence-electron chi connectivity index (χ1n) is 7.55. The second-order valence-electron chi connectivity index (χ2n) is 6.18. The van der Waals surface area contributed by atoms with Gasteiger partial charge in [-0.1, -0.05) is 0 Å². The SMILES string of the molecule is C[C@]1(O[C@H]2O[C@H](CO)C(O)C(O)C2N)OC(CO)[C@@H](O)C(O)[C@@H]1O. The highest BCUT2D eigenvalue weighted by Crippen LogP contribution is 2.34. The van der Waals surface area contributed by atoms with E-state index in [9.17, 15) is 35.7 Å². The Hall–Kier alpha value is -0.440. The lowest BCUT2D eigenvalue weighted by molar-refractivity contribution is -0.406. The van der Waals surface area contributed by atoms with Crippen LogP contribution in [0.3, 0.4) is 0 Å². The van der Waals surface area contributed by atoms with Crippen molar-refractivity contribution < 1.29 is 50.0 Å². The van der Waals surface area contributed by atoms with Crippen LogP contribution in [0, 0.1) is 0 Å². The van der Waals surface area contributed by atoms with Gasteiger partial charge in [0.25, 0.3) is 0 Å². The molecule has 2 saturated heterocycles. The summed E-state index contributed by atoms with van der Waals surface area (Å²) >= 11 is 0. The fourth-order valence-corrected chi connectivity index (χ4v) is 2.84. The third-order valence-electron chi connectivity index (χ3n) is 4.44. The number of hydrogen-bond donors (Lipinski definition) is 8. The maximum absolute atomic E-state index is 10.1. The molecule has 2 rings (SSSR count). The maximum Gasteiger partial charge on any atom is 0.197 e.